The molecule has 2 N–H and O–H groups in total. The molecule has 1 aliphatic rings. The molecular formula is C28H41N3O3S. The largest absolute Gasteiger partial charge is 0.392 e. The van der Waals surface area contributed by atoms with Crippen LogP contribution in [0, 0.1) is 41.4 Å². The molecule has 0 bridgehead atoms. The zero-order chi connectivity index (χ0) is 26.3. The molecule has 0 fully saturated rings. The van der Waals surface area contributed by atoms with Crippen molar-refractivity contribution in [3.8, 4) is 6.07 Å². The molecule has 2 heterocycles. The van der Waals surface area contributed by atoms with Crippen LogP contribution in [0.3, 0.4) is 0 Å². The van der Waals surface area contributed by atoms with Crippen molar-refractivity contribution in [2.45, 2.75) is 92.7 Å². The van der Waals surface area contributed by atoms with Crippen molar-refractivity contribution in [1.82, 2.24) is 10.3 Å². The number of nitriles is 1. The van der Waals surface area contributed by atoms with E-state index in [-0.39, 0.29) is 30.1 Å². The maximum Gasteiger partial charge on any atom is 0.221 e. The summed E-state index contributed by atoms with van der Waals surface area (Å²) in [6.45, 7) is 13.2. The number of hydrogen-bond acceptors (Lipinski definition) is 6. The van der Waals surface area contributed by atoms with Gasteiger partial charge in [0.25, 0.3) is 0 Å². The monoisotopic (exact) mass is 499 g/mol. The lowest BCUT2D eigenvalue weighted by Crippen LogP contribution is -2.44. The quantitative estimate of drug-likeness (QED) is 0.514. The van der Waals surface area contributed by atoms with Gasteiger partial charge in [0.1, 0.15) is 5.78 Å². The first-order valence-corrected chi connectivity index (χ1v) is 13.4. The van der Waals surface area contributed by atoms with Gasteiger partial charge in [-0.25, -0.2) is 4.98 Å². The predicted octanol–water partition coefficient (Wildman–Crippen LogP) is 5.62. The highest BCUT2D eigenvalue weighted by Gasteiger charge is 2.42. The molecule has 0 aromatic carbocycles. The van der Waals surface area contributed by atoms with Gasteiger partial charge in [0.15, 0.2) is 0 Å². The van der Waals surface area contributed by atoms with Gasteiger partial charge < -0.3 is 10.4 Å². The molecule has 5 atom stereocenters. The van der Waals surface area contributed by atoms with E-state index in [0.717, 1.165) is 35.5 Å². The van der Waals surface area contributed by atoms with Crippen molar-refractivity contribution in [2.24, 2.45) is 23.2 Å². The Hall–Kier alpha value is -2.30. The molecule has 1 aromatic rings. The highest BCUT2D eigenvalue weighted by Crippen LogP contribution is 2.35. The number of aryl methyl sites for hydroxylation is 1. The summed E-state index contributed by atoms with van der Waals surface area (Å²) in [6, 6.07) is 1.97. The first-order valence-electron chi connectivity index (χ1n) is 12.5. The van der Waals surface area contributed by atoms with Crippen molar-refractivity contribution in [3.63, 3.8) is 0 Å². The summed E-state index contributed by atoms with van der Waals surface area (Å²) >= 11 is 1.58. The minimum atomic E-state index is -1.06. The van der Waals surface area contributed by atoms with Crippen molar-refractivity contribution in [3.05, 3.63) is 33.3 Å². The van der Waals surface area contributed by atoms with Crippen molar-refractivity contribution >= 4 is 29.1 Å². The summed E-state index contributed by atoms with van der Waals surface area (Å²) in [5.41, 5.74) is 2.03. The van der Waals surface area contributed by atoms with Crippen LogP contribution in [-0.2, 0) is 9.59 Å². The van der Waals surface area contributed by atoms with Crippen LogP contribution in [0.5, 0.6) is 0 Å². The zero-order valence-corrected chi connectivity index (χ0v) is 23.0. The van der Waals surface area contributed by atoms with E-state index in [2.05, 4.69) is 29.4 Å². The van der Waals surface area contributed by atoms with E-state index in [4.69, 9.17) is 0 Å². The van der Waals surface area contributed by atoms with Crippen molar-refractivity contribution in [2.75, 3.05) is 0 Å². The summed E-state index contributed by atoms with van der Waals surface area (Å²) in [6.07, 6.45) is 6.57. The van der Waals surface area contributed by atoms with Gasteiger partial charge in [-0.05, 0) is 64.0 Å². The molecule has 35 heavy (non-hydrogen) atoms. The minimum Gasteiger partial charge on any atom is -0.392 e. The van der Waals surface area contributed by atoms with Gasteiger partial charge in [0.05, 0.1) is 34.8 Å². The van der Waals surface area contributed by atoms with Crippen LogP contribution in [0.2, 0.25) is 0 Å². The average Bonchev–Trinajstić information content (AvgIpc) is 3.21. The molecule has 1 amide bonds. The Morgan fingerprint density at radius 3 is 2.60 bits per heavy atom. The molecule has 0 spiro atoms. The fourth-order valence-corrected chi connectivity index (χ4v) is 5.31. The fraction of sp³-hybridized carbons (Fsp3) is 0.643. The lowest BCUT2D eigenvalue weighted by Gasteiger charge is -2.34. The topological polar surface area (TPSA) is 103 Å². The maximum atomic E-state index is 13.4. The first-order chi connectivity index (χ1) is 16.4. The van der Waals surface area contributed by atoms with Gasteiger partial charge in [-0.3, -0.25) is 9.59 Å². The lowest BCUT2D eigenvalue weighted by molar-refractivity contribution is -0.138. The van der Waals surface area contributed by atoms with Crippen molar-refractivity contribution < 1.29 is 14.7 Å². The minimum absolute atomic E-state index is 0.0335. The molecule has 7 heteroatoms. The summed E-state index contributed by atoms with van der Waals surface area (Å²) in [7, 11) is 0. The Labute approximate surface area is 214 Å². The molecule has 2 unspecified atom stereocenters. The number of hydrogen-bond donors (Lipinski definition) is 2. The molecule has 6 nitrogen and oxygen atoms in total. The van der Waals surface area contributed by atoms with Crippen LogP contribution in [0.4, 0.5) is 0 Å². The van der Waals surface area contributed by atoms with Gasteiger partial charge >= 0.3 is 0 Å². The Kier molecular flexibility index (Phi) is 10.4. The first kappa shape index (κ1) is 28.9. The van der Waals surface area contributed by atoms with E-state index in [1.165, 1.54) is 5.57 Å². The molecule has 1 aromatic heterocycles. The Morgan fingerprint density at radius 1 is 1.31 bits per heavy atom. The second-order valence-electron chi connectivity index (χ2n) is 10.7. The summed E-state index contributed by atoms with van der Waals surface area (Å²) in [4.78, 5) is 31.0. The molecule has 2 rings (SSSR count). The van der Waals surface area contributed by atoms with Crippen LogP contribution < -0.4 is 5.32 Å². The maximum absolute atomic E-state index is 13.4. The van der Waals surface area contributed by atoms with Crippen LogP contribution >= 0.6 is 11.3 Å². The van der Waals surface area contributed by atoms with Crippen LogP contribution in [-0.4, -0.2) is 33.9 Å². The standard InChI is InChI=1S/C28H41N3O3S/c1-17-9-8-10-18(2)26(33)20(4)27(34)28(6,7)22(15-29)14-25(32)31-24(12-11-17)19(3)13-23-16-35-21(5)30-23/h11,13,16,18,20,22,24,26,33H,8-10,12,14H2,1-7H3,(H,31,32)/b17-11-,19-13+/t18-,20+,22?,24?,26-/m0/s1. The molecule has 192 valence electrons. The third kappa shape index (κ3) is 7.85. The van der Waals surface area contributed by atoms with Crippen LogP contribution in [0.1, 0.15) is 84.3 Å². The number of aliphatic hydroxyl groups is 1. The summed E-state index contributed by atoms with van der Waals surface area (Å²) in [5, 5.41) is 26.8. The summed E-state index contributed by atoms with van der Waals surface area (Å²) < 4.78 is 0. The number of nitrogens with one attached hydrogen (secondary N) is 1. The van der Waals surface area contributed by atoms with Crippen molar-refractivity contribution in [1.29, 1.82) is 5.26 Å². The van der Waals surface area contributed by atoms with E-state index in [0.29, 0.717) is 6.42 Å². The molecule has 0 saturated heterocycles. The number of aromatic nitrogens is 1. The van der Waals surface area contributed by atoms with E-state index >= 15 is 0 Å². The average molecular weight is 500 g/mol. The number of carbonyl (C=O) groups is 2. The summed E-state index contributed by atoms with van der Waals surface area (Å²) in [5.74, 6) is -1.87. The van der Waals surface area contributed by atoms with E-state index < -0.39 is 23.4 Å². The molecule has 1 aliphatic heterocycles. The number of allylic oxidation sites excluding steroid dienone is 1. The highest BCUT2D eigenvalue weighted by molar-refractivity contribution is 7.09. The Balaban J connectivity index is 2.38. The smallest absolute Gasteiger partial charge is 0.221 e. The molecule has 0 aliphatic carbocycles. The zero-order valence-electron chi connectivity index (χ0n) is 22.2. The van der Waals surface area contributed by atoms with Crippen LogP contribution in [0.15, 0.2) is 22.6 Å². The highest BCUT2D eigenvalue weighted by atomic mass is 32.1. The second kappa shape index (κ2) is 12.6. The van der Waals surface area contributed by atoms with Gasteiger partial charge in [0, 0.05) is 23.1 Å². The Bertz CT molecular complexity index is 1000. The number of ketones is 1. The Morgan fingerprint density at radius 2 is 2.00 bits per heavy atom. The molecule has 0 saturated carbocycles. The van der Waals surface area contributed by atoms with Gasteiger partial charge in [-0.15, -0.1) is 11.3 Å². The third-order valence-electron chi connectivity index (χ3n) is 7.39. The number of aliphatic hydroxyl groups excluding tert-OH is 1. The van der Waals surface area contributed by atoms with Crippen LogP contribution in [0.25, 0.3) is 6.08 Å². The number of rotatable bonds is 2. The second-order valence-corrected chi connectivity index (χ2v) is 11.8. The number of nitrogens with zero attached hydrogens (tertiary/aromatic N) is 2. The lowest BCUT2D eigenvalue weighted by atomic mass is 9.69. The number of carbonyl (C=O) groups excluding carboxylic acids is 2. The number of thiazole rings is 1. The van der Waals surface area contributed by atoms with Gasteiger partial charge in [-0.2, -0.15) is 5.26 Å². The normalized spacial score (nSPS) is 31.2. The number of amides is 1. The van der Waals surface area contributed by atoms with E-state index in [9.17, 15) is 20.0 Å². The predicted molar refractivity (Wildman–Crippen MR) is 142 cm³/mol. The number of Topliss-reactive ketones (excluding diaryl/α,β-unsaturated/α-hetero) is 1. The fourth-order valence-electron chi connectivity index (χ4n) is 4.74. The SMILES string of the molecule is C/C1=C/CC(/C(C)=C/c2csc(C)n2)NC(=O)CC(C#N)C(C)(C)C(=O)[C@H](C)[C@@H](O)[C@@H](C)CCC1. The molecule has 0 radical (unpaired) electrons. The molecular weight excluding hydrogens is 458 g/mol. The van der Waals surface area contributed by atoms with Gasteiger partial charge in [0.2, 0.25) is 5.91 Å². The van der Waals surface area contributed by atoms with E-state index in [1.54, 1.807) is 32.1 Å². The third-order valence-corrected chi connectivity index (χ3v) is 8.18. The van der Waals surface area contributed by atoms with E-state index in [1.807, 2.05) is 32.2 Å². The van der Waals surface area contributed by atoms with Gasteiger partial charge in [-0.1, -0.05) is 39.3 Å².